The van der Waals surface area contributed by atoms with Gasteiger partial charge in [-0.05, 0) is 57.2 Å². The van der Waals surface area contributed by atoms with Gasteiger partial charge in [0.05, 0.1) is 5.69 Å². The molecular weight excluding hydrogens is 292 g/mol. The second-order valence-electron chi connectivity index (χ2n) is 4.82. The topological polar surface area (TPSA) is 43.6 Å². The molecule has 4 rings (SSSR count). The van der Waals surface area contributed by atoms with E-state index < -0.39 is 0 Å². The molecule has 0 spiro atoms. The van der Waals surface area contributed by atoms with E-state index in [1.807, 2.05) is 42.5 Å². The van der Waals surface area contributed by atoms with Crippen molar-refractivity contribution >= 4 is 22.5 Å². The summed E-state index contributed by atoms with van der Waals surface area (Å²) in [6, 6.07) is 24.6. The van der Waals surface area contributed by atoms with E-state index >= 15 is 0 Å². The van der Waals surface area contributed by atoms with Crippen LogP contribution < -0.4 is 0 Å². The number of nitrogens with zero attached hydrogens (tertiary/aromatic N) is 4. The van der Waals surface area contributed by atoms with Crippen LogP contribution in [0.2, 0.25) is 0 Å². The summed E-state index contributed by atoms with van der Waals surface area (Å²) in [4.78, 5) is 1.12. The Morgan fingerprint density at radius 1 is 0.773 bits per heavy atom. The van der Waals surface area contributed by atoms with E-state index in [2.05, 4.69) is 45.9 Å². The molecule has 0 bridgehead atoms. The highest BCUT2D eigenvalue weighted by atomic mass is 32.2. The molecule has 5 heteroatoms. The first-order chi connectivity index (χ1) is 10.9. The Balaban J connectivity index is 1.70. The zero-order valence-electron chi connectivity index (χ0n) is 11.6. The Kier molecular flexibility index (Phi) is 3.33. The van der Waals surface area contributed by atoms with E-state index in [4.69, 9.17) is 0 Å². The second-order valence-corrected chi connectivity index (χ2v) is 5.86. The molecule has 0 saturated carbocycles. The molecule has 0 aliphatic heterocycles. The predicted molar refractivity (Wildman–Crippen MR) is 87.2 cm³/mol. The van der Waals surface area contributed by atoms with Crippen molar-refractivity contribution in [1.29, 1.82) is 0 Å². The number of tetrazole rings is 1. The van der Waals surface area contributed by atoms with Crippen molar-refractivity contribution in [3.63, 3.8) is 0 Å². The summed E-state index contributed by atoms with van der Waals surface area (Å²) in [5.41, 5.74) is 0.954. The maximum atomic E-state index is 4.13. The van der Waals surface area contributed by atoms with Gasteiger partial charge in [0.1, 0.15) is 0 Å². The maximum Gasteiger partial charge on any atom is 0.218 e. The smallest absolute Gasteiger partial charge is 0.187 e. The van der Waals surface area contributed by atoms with Gasteiger partial charge >= 0.3 is 0 Å². The lowest BCUT2D eigenvalue weighted by molar-refractivity contribution is 0.756. The molecule has 1 aromatic heterocycles. The van der Waals surface area contributed by atoms with Gasteiger partial charge in [-0.3, -0.25) is 0 Å². The van der Waals surface area contributed by atoms with Gasteiger partial charge in [0.2, 0.25) is 5.16 Å². The lowest BCUT2D eigenvalue weighted by Gasteiger charge is -2.05. The first-order valence-corrected chi connectivity index (χ1v) is 7.72. The van der Waals surface area contributed by atoms with Gasteiger partial charge < -0.3 is 0 Å². The molecule has 0 radical (unpaired) electrons. The van der Waals surface area contributed by atoms with Gasteiger partial charge in [-0.1, -0.05) is 48.5 Å². The van der Waals surface area contributed by atoms with Crippen LogP contribution in [-0.2, 0) is 0 Å². The molecule has 0 amide bonds. The highest BCUT2D eigenvalue weighted by Gasteiger charge is 2.10. The van der Waals surface area contributed by atoms with E-state index in [0.717, 1.165) is 15.7 Å². The summed E-state index contributed by atoms with van der Waals surface area (Å²) in [5, 5.41) is 15.2. The lowest BCUT2D eigenvalue weighted by Crippen LogP contribution is -1.98. The SMILES string of the molecule is c1ccc(-n2nnnc2Sc2ccc3ccccc3c2)cc1. The number of fused-ring (bicyclic) bond motifs is 1. The summed E-state index contributed by atoms with van der Waals surface area (Å²) >= 11 is 1.56. The van der Waals surface area contributed by atoms with Crippen LogP contribution in [0.3, 0.4) is 0 Å². The number of para-hydroxylation sites is 1. The van der Waals surface area contributed by atoms with Crippen molar-refractivity contribution in [2.24, 2.45) is 0 Å². The van der Waals surface area contributed by atoms with E-state index in [1.54, 1.807) is 16.4 Å². The van der Waals surface area contributed by atoms with Crippen LogP contribution in [-0.4, -0.2) is 20.2 Å². The maximum absolute atomic E-state index is 4.13. The van der Waals surface area contributed by atoms with Gasteiger partial charge in [0.25, 0.3) is 0 Å². The molecule has 4 nitrogen and oxygen atoms in total. The Labute approximate surface area is 131 Å². The van der Waals surface area contributed by atoms with E-state index in [-0.39, 0.29) is 0 Å². The number of hydrogen-bond acceptors (Lipinski definition) is 4. The minimum Gasteiger partial charge on any atom is -0.187 e. The average molecular weight is 304 g/mol. The fourth-order valence-electron chi connectivity index (χ4n) is 2.31. The molecule has 0 aliphatic rings. The molecule has 0 saturated heterocycles. The molecule has 4 aromatic rings. The van der Waals surface area contributed by atoms with Crippen molar-refractivity contribution < 1.29 is 0 Å². The van der Waals surface area contributed by atoms with Crippen LogP contribution in [0.4, 0.5) is 0 Å². The average Bonchev–Trinajstić information content (AvgIpc) is 3.04. The van der Waals surface area contributed by atoms with Crippen LogP contribution in [0.25, 0.3) is 16.5 Å². The van der Waals surface area contributed by atoms with Crippen LogP contribution in [0.5, 0.6) is 0 Å². The number of rotatable bonds is 3. The van der Waals surface area contributed by atoms with Crippen LogP contribution >= 0.6 is 11.8 Å². The molecular formula is C17H12N4S. The fourth-order valence-corrected chi connectivity index (χ4v) is 3.15. The van der Waals surface area contributed by atoms with Gasteiger partial charge in [-0.15, -0.1) is 5.10 Å². The van der Waals surface area contributed by atoms with Gasteiger partial charge in [-0.2, -0.15) is 4.68 Å². The van der Waals surface area contributed by atoms with Crippen molar-refractivity contribution in [3.05, 3.63) is 72.8 Å². The normalized spacial score (nSPS) is 10.9. The Bertz CT molecular complexity index is 918. The Hall–Kier alpha value is -2.66. The fraction of sp³-hybridized carbons (Fsp3) is 0. The third-order valence-corrected chi connectivity index (χ3v) is 4.30. The van der Waals surface area contributed by atoms with Gasteiger partial charge in [-0.25, -0.2) is 0 Å². The molecule has 22 heavy (non-hydrogen) atoms. The molecule has 1 heterocycles. The molecule has 106 valence electrons. The third kappa shape index (κ3) is 2.46. The Morgan fingerprint density at radius 3 is 2.41 bits per heavy atom. The number of hydrogen-bond donors (Lipinski definition) is 0. The van der Waals surface area contributed by atoms with Crippen LogP contribution in [0.15, 0.2) is 82.8 Å². The first kappa shape index (κ1) is 13.0. The molecule has 0 aliphatic carbocycles. The summed E-state index contributed by atoms with van der Waals surface area (Å²) < 4.78 is 1.75. The molecule has 0 fully saturated rings. The van der Waals surface area contributed by atoms with Crippen LogP contribution in [0.1, 0.15) is 0 Å². The minimum atomic E-state index is 0.751. The molecule has 0 N–H and O–H groups in total. The molecule has 0 unspecified atom stereocenters. The number of benzene rings is 3. The van der Waals surface area contributed by atoms with Crippen LogP contribution in [0, 0.1) is 0 Å². The summed E-state index contributed by atoms with van der Waals surface area (Å²) in [6.07, 6.45) is 0. The molecule has 3 aromatic carbocycles. The van der Waals surface area contributed by atoms with E-state index in [1.165, 1.54) is 10.8 Å². The second kappa shape index (κ2) is 5.61. The highest BCUT2D eigenvalue weighted by molar-refractivity contribution is 7.99. The van der Waals surface area contributed by atoms with Crippen molar-refractivity contribution in [3.8, 4) is 5.69 Å². The van der Waals surface area contributed by atoms with Gasteiger partial charge in [0, 0.05) is 4.90 Å². The quantitative estimate of drug-likeness (QED) is 0.574. The van der Waals surface area contributed by atoms with Crippen molar-refractivity contribution in [2.75, 3.05) is 0 Å². The predicted octanol–water partition coefficient (Wildman–Crippen LogP) is 3.97. The molecule has 0 atom stereocenters. The van der Waals surface area contributed by atoms with Crippen molar-refractivity contribution in [2.45, 2.75) is 10.1 Å². The lowest BCUT2D eigenvalue weighted by atomic mass is 10.1. The summed E-state index contributed by atoms with van der Waals surface area (Å²) in [5.74, 6) is 0. The summed E-state index contributed by atoms with van der Waals surface area (Å²) in [7, 11) is 0. The monoisotopic (exact) mass is 304 g/mol. The van der Waals surface area contributed by atoms with E-state index in [9.17, 15) is 0 Å². The largest absolute Gasteiger partial charge is 0.218 e. The highest BCUT2D eigenvalue weighted by Crippen LogP contribution is 2.29. The zero-order chi connectivity index (χ0) is 14.8. The summed E-state index contributed by atoms with van der Waals surface area (Å²) in [6.45, 7) is 0. The van der Waals surface area contributed by atoms with Gasteiger partial charge in [0.15, 0.2) is 0 Å². The standard InChI is InChI=1S/C17H12N4S/c1-2-8-15(9-3-1)21-17(18-19-20-21)22-16-11-10-13-6-4-5-7-14(13)12-16/h1-12H. The Morgan fingerprint density at radius 2 is 1.55 bits per heavy atom. The minimum absolute atomic E-state index is 0.751. The van der Waals surface area contributed by atoms with Crippen molar-refractivity contribution in [1.82, 2.24) is 20.2 Å². The first-order valence-electron chi connectivity index (χ1n) is 6.91. The zero-order valence-corrected chi connectivity index (χ0v) is 12.4. The third-order valence-electron chi connectivity index (χ3n) is 3.37. The van der Waals surface area contributed by atoms with E-state index in [0.29, 0.717) is 0 Å². The number of aromatic nitrogens is 4.